The summed E-state index contributed by atoms with van der Waals surface area (Å²) in [5.41, 5.74) is 4.30. The molecule has 22 heavy (non-hydrogen) atoms. The Morgan fingerprint density at radius 1 is 0.955 bits per heavy atom. The van der Waals surface area contributed by atoms with E-state index in [0.717, 1.165) is 12.8 Å². The van der Waals surface area contributed by atoms with Gasteiger partial charge in [-0.2, -0.15) is 5.10 Å². The van der Waals surface area contributed by atoms with Crippen molar-refractivity contribution in [3.8, 4) is 0 Å². The number of nitrogens with zero attached hydrogens (tertiary/aromatic N) is 2. The van der Waals surface area contributed by atoms with Gasteiger partial charge in [0.1, 0.15) is 0 Å². The predicted molar refractivity (Wildman–Crippen MR) is 94.7 cm³/mol. The predicted octanol–water partition coefficient (Wildman–Crippen LogP) is 5.20. The molecule has 2 heterocycles. The Bertz CT molecular complexity index is 601. The second-order valence-electron chi connectivity index (χ2n) is 8.59. The van der Waals surface area contributed by atoms with Gasteiger partial charge >= 0.3 is 0 Å². The number of aromatic nitrogens is 3. The Morgan fingerprint density at radius 2 is 1.59 bits per heavy atom. The molecule has 0 radical (unpaired) electrons. The first kappa shape index (κ1) is 17.2. The highest BCUT2D eigenvalue weighted by Gasteiger charge is 2.32. The quantitative estimate of drug-likeness (QED) is 0.823. The minimum Gasteiger partial charge on any atom is -0.282 e. The van der Waals surface area contributed by atoms with Crippen LogP contribution in [0.2, 0.25) is 0 Å². The molecule has 0 spiro atoms. The summed E-state index contributed by atoms with van der Waals surface area (Å²) in [4.78, 5) is 0. The standard InChI is InChI=1S/C18H29N3S/c1-16(2,3)14-11-19-21-15(14)18(6,7)9-8-17(4,5)13-10-20-22-12-13/h10-12H,8-9H2,1-7H3,(H,19,21). The number of rotatable bonds is 5. The van der Waals surface area contributed by atoms with E-state index in [2.05, 4.69) is 68.4 Å². The van der Waals surface area contributed by atoms with Gasteiger partial charge in [-0.3, -0.25) is 5.10 Å². The van der Waals surface area contributed by atoms with Crippen molar-refractivity contribution in [2.45, 2.75) is 77.6 Å². The first-order valence-corrected chi connectivity index (χ1v) is 8.82. The van der Waals surface area contributed by atoms with Crippen molar-refractivity contribution in [2.24, 2.45) is 0 Å². The Hall–Kier alpha value is -1.16. The molecule has 4 heteroatoms. The van der Waals surface area contributed by atoms with Crippen LogP contribution in [0.1, 0.15) is 78.1 Å². The normalized spacial score (nSPS) is 13.6. The second kappa shape index (κ2) is 5.80. The molecule has 0 unspecified atom stereocenters. The number of hydrogen-bond donors (Lipinski definition) is 1. The minimum absolute atomic E-state index is 0.0832. The van der Waals surface area contributed by atoms with Crippen molar-refractivity contribution in [1.29, 1.82) is 0 Å². The van der Waals surface area contributed by atoms with Gasteiger partial charge in [-0.05, 0) is 46.3 Å². The molecule has 0 amide bonds. The van der Waals surface area contributed by atoms with Crippen LogP contribution in [0.4, 0.5) is 0 Å². The van der Waals surface area contributed by atoms with Crippen molar-refractivity contribution in [2.75, 3.05) is 0 Å². The van der Waals surface area contributed by atoms with Crippen LogP contribution in [0.5, 0.6) is 0 Å². The molecule has 0 aliphatic heterocycles. The van der Waals surface area contributed by atoms with Gasteiger partial charge in [-0.25, -0.2) is 4.37 Å². The molecule has 0 aliphatic rings. The summed E-state index contributed by atoms with van der Waals surface area (Å²) in [7, 11) is 0. The van der Waals surface area contributed by atoms with Crippen molar-refractivity contribution in [1.82, 2.24) is 14.6 Å². The molecule has 3 nitrogen and oxygen atoms in total. The molecule has 0 atom stereocenters. The Kier molecular flexibility index (Phi) is 4.54. The third-order valence-corrected chi connectivity index (χ3v) is 5.30. The van der Waals surface area contributed by atoms with E-state index in [-0.39, 0.29) is 16.2 Å². The smallest absolute Gasteiger partial charge is 0.0527 e. The molecule has 0 saturated heterocycles. The average Bonchev–Trinajstić information content (AvgIpc) is 3.06. The number of nitrogens with one attached hydrogen (secondary N) is 1. The monoisotopic (exact) mass is 319 g/mol. The number of H-pyrrole nitrogens is 1. The third kappa shape index (κ3) is 3.60. The third-order valence-electron chi connectivity index (χ3n) is 4.71. The van der Waals surface area contributed by atoms with Crippen LogP contribution in [0, 0.1) is 0 Å². The van der Waals surface area contributed by atoms with Crippen LogP contribution in [0.15, 0.2) is 17.8 Å². The molecule has 2 aromatic rings. The molecular formula is C18H29N3S. The lowest BCUT2D eigenvalue weighted by Crippen LogP contribution is -2.27. The van der Waals surface area contributed by atoms with Gasteiger partial charge in [-0.15, -0.1) is 0 Å². The Balaban J connectivity index is 2.17. The summed E-state index contributed by atoms with van der Waals surface area (Å²) in [6, 6.07) is 0. The molecule has 2 aromatic heterocycles. The summed E-state index contributed by atoms with van der Waals surface area (Å²) in [5, 5.41) is 9.75. The van der Waals surface area contributed by atoms with Gasteiger partial charge in [0, 0.05) is 22.7 Å². The lowest BCUT2D eigenvalue weighted by atomic mass is 9.72. The number of aromatic amines is 1. The van der Waals surface area contributed by atoms with Gasteiger partial charge in [-0.1, -0.05) is 48.5 Å². The van der Waals surface area contributed by atoms with E-state index in [1.165, 1.54) is 28.4 Å². The summed E-state index contributed by atoms with van der Waals surface area (Å²) >= 11 is 1.54. The van der Waals surface area contributed by atoms with E-state index in [0.29, 0.717) is 0 Å². The zero-order valence-corrected chi connectivity index (χ0v) is 15.8. The fraction of sp³-hybridized carbons (Fsp3) is 0.667. The molecule has 0 fully saturated rings. The highest BCUT2D eigenvalue weighted by atomic mass is 32.1. The lowest BCUT2D eigenvalue weighted by molar-refractivity contribution is 0.364. The first-order valence-electron chi connectivity index (χ1n) is 7.98. The number of hydrogen-bond acceptors (Lipinski definition) is 3. The molecular weight excluding hydrogens is 290 g/mol. The van der Waals surface area contributed by atoms with Gasteiger partial charge in [0.25, 0.3) is 0 Å². The Morgan fingerprint density at radius 3 is 2.14 bits per heavy atom. The first-order chi connectivity index (χ1) is 10.0. The fourth-order valence-electron chi connectivity index (χ4n) is 2.80. The van der Waals surface area contributed by atoms with Crippen molar-refractivity contribution in [3.63, 3.8) is 0 Å². The second-order valence-corrected chi connectivity index (χ2v) is 9.25. The van der Waals surface area contributed by atoms with Gasteiger partial charge in [0.2, 0.25) is 0 Å². The Labute approximate surface area is 138 Å². The lowest BCUT2D eigenvalue weighted by Gasteiger charge is -2.32. The van der Waals surface area contributed by atoms with E-state index >= 15 is 0 Å². The van der Waals surface area contributed by atoms with E-state index in [4.69, 9.17) is 0 Å². The van der Waals surface area contributed by atoms with E-state index in [1.807, 2.05) is 12.4 Å². The molecule has 0 aliphatic carbocycles. The maximum Gasteiger partial charge on any atom is 0.0527 e. The SMILES string of the molecule is CC(C)(C)c1cn[nH]c1C(C)(C)CCC(C)(C)c1cnsc1. The van der Waals surface area contributed by atoms with Crippen molar-refractivity contribution < 1.29 is 0 Å². The van der Waals surface area contributed by atoms with Crippen LogP contribution < -0.4 is 0 Å². The van der Waals surface area contributed by atoms with Crippen LogP contribution in [0.3, 0.4) is 0 Å². The summed E-state index contributed by atoms with van der Waals surface area (Å²) in [5.74, 6) is 0. The summed E-state index contributed by atoms with van der Waals surface area (Å²) in [6.07, 6.45) is 6.24. The molecule has 1 N–H and O–H groups in total. The maximum atomic E-state index is 4.32. The average molecular weight is 320 g/mol. The summed E-state index contributed by atoms with van der Waals surface area (Å²) < 4.78 is 4.25. The van der Waals surface area contributed by atoms with E-state index in [1.54, 1.807) is 0 Å². The van der Waals surface area contributed by atoms with Crippen molar-refractivity contribution in [3.05, 3.63) is 34.6 Å². The zero-order valence-electron chi connectivity index (χ0n) is 14.9. The van der Waals surface area contributed by atoms with E-state index < -0.39 is 0 Å². The summed E-state index contributed by atoms with van der Waals surface area (Å²) in [6.45, 7) is 16.0. The largest absolute Gasteiger partial charge is 0.282 e. The van der Waals surface area contributed by atoms with Crippen LogP contribution in [0.25, 0.3) is 0 Å². The molecule has 0 saturated carbocycles. The molecule has 0 aromatic carbocycles. The molecule has 122 valence electrons. The van der Waals surface area contributed by atoms with Crippen LogP contribution in [-0.4, -0.2) is 14.6 Å². The highest BCUT2D eigenvalue weighted by molar-refractivity contribution is 7.03. The molecule has 2 rings (SSSR count). The van der Waals surface area contributed by atoms with Crippen LogP contribution >= 0.6 is 11.5 Å². The van der Waals surface area contributed by atoms with E-state index in [9.17, 15) is 0 Å². The molecule has 0 bridgehead atoms. The van der Waals surface area contributed by atoms with Crippen molar-refractivity contribution >= 4 is 11.5 Å². The van der Waals surface area contributed by atoms with Gasteiger partial charge in [0.15, 0.2) is 0 Å². The van der Waals surface area contributed by atoms with Gasteiger partial charge < -0.3 is 0 Å². The zero-order chi connectivity index (χ0) is 16.6. The fourth-order valence-corrected chi connectivity index (χ4v) is 3.53. The topological polar surface area (TPSA) is 41.6 Å². The highest BCUT2D eigenvalue weighted by Crippen LogP contribution is 2.39. The maximum absolute atomic E-state index is 4.32. The van der Waals surface area contributed by atoms with Gasteiger partial charge in [0.05, 0.1) is 6.20 Å². The minimum atomic E-state index is 0.0832. The van der Waals surface area contributed by atoms with Crippen LogP contribution in [-0.2, 0) is 16.2 Å².